The summed E-state index contributed by atoms with van der Waals surface area (Å²) in [6, 6.07) is 10.6. The Kier molecular flexibility index (Phi) is 6.28. The van der Waals surface area contributed by atoms with E-state index in [2.05, 4.69) is 53.6 Å². The van der Waals surface area contributed by atoms with Crippen molar-refractivity contribution in [2.45, 2.75) is 74.7 Å². The lowest BCUT2D eigenvalue weighted by atomic mass is 9.67. The summed E-state index contributed by atoms with van der Waals surface area (Å²) in [5.41, 5.74) is 5.98. The van der Waals surface area contributed by atoms with Crippen LogP contribution in [0.5, 0.6) is 0 Å². The number of rotatable bonds is 8. The van der Waals surface area contributed by atoms with Crippen molar-refractivity contribution in [2.75, 3.05) is 27.2 Å². The number of benzene rings is 1. The van der Waals surface area contributed by atoms with Gasteiger partial charge in [-0.1, -0.05) is 35.5 Å². The first-order valence-electron chi connectivity index (χ1n) is 12.8. The van der Waals surface area contributed by atoms with E-state index >= 15 is 0 Å². The minimum atomic E-state index is -0.793. The van der Waals surface area contributed by atoms with Crippen molar-refractivity contribution in [1.82, 2.24) is 29.7 Å². The molecule has 1 aromatic carbocycles. The first-order valence-corrected chi connectivity index (χ1v) is 12.8. The third-order valence-corrected chi connectivity index (χ3v) is 8.73. The highest BCUT2D eigenvalue weighted by molar-refractivity contribution is 5.78. The van der Waals surface area contributed by atoms with Crippen LogP contribution in [-0.4, -0.2) is 85.1 Å². The minimum Gasteiger partial charge on any atom is -0.388 e. The van der Waals surface area contributed by atoms with Crippen LogP contribution in [-0.2, 0) is 23.4 Å². The summed E-state index contributed by atoms with van der Waals surface area (Å²) in [5, 5.41) is 19.2. The lowest BCUT2D eigenvalue weighted by molar-refractivity contribution is -0.118. The maximum Gasteiger partial charge on any atom is 0.321 e. The molecular weight excluding hydrogens is 458 g/mol. The molecule has 2 aliphatic carbocycles. The van der Waals surface area contributed by atoms with Gasteiger partial charge in [0.1, 0.15) is 12.2 Å². The van der Waals surface area contributed by atoms with Gasteiger partial charge in [0.05, 0.1) is 30.4 Å². The number of β-amino-alcohol motifs (C(OH)–C–C–N with tert-alkyl or cyclic N) is 1. The Balaban J connectivity index is 1.39. The Labute approximate surface area is 212 Å². The fourth-order valence-corrected chi connectivity index (χ4v) is 6.42. The van der Waals surface area contributed by atoms with Crippen LogP contribution in [0, 0.1) is 0 Å². The number of primary amides is 1. The van der Waals surface area contributed by atoms with Crippen molar-refractivity contribution < 1.29 is 14.7 Å². The van der Waals surface area contributed by atoms with Crippen LogP contribution in [0.15, 0.2) is 36.5 Å². The molecule has 10 nitrogen and oxygen atoms in total. The largest absolute Gasteiger partial charge is 0.388 e. The molecule has 1 aromatic heterocycles. The summed E-state index contributed by atoms with van der Waals surface area (Å²) in [6.07, 6.45) is 7.69. The molecule has 3 amide bonds. The Morgan fingerprint density at radius 1 is 1.11 bits per heavy atom. The maximum absolute atomic E-state index is 13.8. The van der Waals surface area contributed by atoms with Crippen molar-refractivity contribution in [3.8, 4) is 0 Å². The van der Waals surface area contributed by atoms with Crippen molar-refractivity contribution in [3.05, 3.63) is 47.8 Å². The van der Waals surface area contributed by atoms with Crippen LogP contribution in [0.4, 0.5) is 4.79 Å². The van der Waals surface area contributed by atoms with Crippen molar-refractivity contribution in [3.63, 3.8) is 0 Å². The standard InChI is InChI=1S/C26H37N7O3/c1-30(2)26(20-7-4-3-5-8-20)13-11-24(12-14-26)18-31(15-21-16-32(29-28-21)17-22(27)34)23(35)33(24)19-25(36)9-6-10-25/h3-5,7-8,16,36H,6,9-15,17-19H2,1-2H3,(H2,27,34)/t24-,26+. The van der Waals surface area contributed by atoms with Gasteiger partial charge in [0.15, 0.2) is 0 Å². The Hall–Kier alpha value is -2.98. The number of nitrogens with zero attached hydrogens (tertiary/aromatic N) is 6. The number of hydrogen-bond donors (Lipinski definition) is 2. The summed E-state index contributed by atoms with van der Waals surface area (Å²) in [4.78, 5) is 31.1. The predicted molar refractivity (Wildman–Crippen MR) is 134 cm³/mol. The molecule has 0 radical (unpaired) electrons. The number of carbonyl (C=O) groups is 2. The third-order valence-electron chi connectivity index (χ3n) is 8.73. The molecule has 2 saturated carbocycles. The highest BCUT2D eigenvalue weighted by atomic mass is 16.3. The molecule has 5 rings (SSSR count). The predicted octanol–water partition coefficient (Wildman–Crippen LogP) is 1.69. The van der Waals surface area contributed by atoms with Gasteiger partial charge in [-0.3, -0.25) is 9.69 Å². The van der Waals surface area contributed by atoms with E-state index in [1.807, 2.05) is 15.9 Å². The summed E-state index contributed by atoms with van der Waals surface area (Å²) in [6.45, 7) is 1.22. The van der Waals surface area contributed by atoms with Crippen molar-refractivity contribution >= 4 is 11.9 Å². The fraction of sp³-hybridized carbons (Fsp3) is 0.615. The Morgan fingerprint density at radius 2 is 1.81 bits per heavy atom. The molecule has 10 heteroatoms. The molecule has 1 aliphatic heterocycles. The van der Waals surface area contributed by atoms with Crippen LogP contribution in [0.2, 0.25) is 0 Å². The van der Waals surface area contributed by atoms with Crippen LogP contribution in [0.3, 0.4) is 0 Å². The Morgan fingerprint density at radius 3 is 2.39 bits per heavy atom. The maximum atomic E-state index is 13.8. The van der Waals surface area contributed by atoms with E-state index in [0.29, 0.717) is 25.3 Å². The third kappa shape index (κ3) is 4.37. The van der Waals surface area contributed by atoms with Crippen LogP contribution >= 0.6 is 0 Å². The SMILES string of the molecule is CN(C)[C@]1(c2ccccc2)CC[C@]2(CC1)CN(Cc1cn(CC(N)=O)nn1)C(=O)N2CC1(O)CCC1. The lowest BCUT2D eigenvalue weighted by Gasteiger charge is -2.52. The van der Waals surface area contributed by atoms with E-state index in [1.165, 1.54) is 10.2 Å². The lowest BCUT2D eigenvalue weighted by Crippen LogP contribution is -2.59. The highest BCUT2D eigenvalue weighted by Gasteiger charge is 2.56. The van der Waals surface area contributed by atoms with Gasteiger partial charge in [-0.25, -0.2) is 9.48 Å². The zero-order valence-electron chi connectivity index (χ0n) is 21.3. The van der Waals surface area contributed by atoms with E-state index in [9.17, 15) is 14.7 Å². The zero-order chi connectivity index (χ0) is 25.6. The summed E-state index contributed by atoms with van der Waals surface area (Å²) < 4.78 is 1.40. The smallest absolute Gasteiger partial charge is 0.321 e. The molecule has 2 aromatic rings. The Bertz CT molecular complexity index is 1100. The molecule has 0 atom stereocenters. The number of aliphatic hydroxyl groups is 1. The number of carbonyl (C=O) groups excluding carboxylic acids is 2. The fourth-order valence-electron chi connectivity index (χ4n) is 6.42. The number of hydrogen-bond acceptors (Lipinski definition) is 6. The molecule has 36 heavy (non-hydrogen) atoms. The van der Waals surface area contributed by atoms with Gasteiger partial charge in [-0.15, -0.1) is 5.10 Å². The second kappa shape index (κ2) is 9.15. The molecule has 3 fully saturated rings. The van der Waals surface area contributed by atoms with Gasteiger partial charge in [-0.05, 0) is 64.6 Å². The summed E-state index contributed by atoms with van der Waals surface area (Å²) in [5.74, 6) is -0.493. The number of aromatic nitrogens is 3. The summed E-state index contributed by atoms with van der Waals surface area (Å²) in [7, 11) is 4.28. The van der Waals surface area contributed by atoms with E-state index in [0.717, 1.165) is 44.9 Å². The van der Waals surface area contributed by atoms with E-state index in [-0.39, 0.29) is 23.7 Å². The summed E-state index contributed by atoms with van der Waals surface area (Å²) >= 11 is 0. The number of amides is 3. The first-order chi connectivity index (χ1) is 17.1. The van der Waals surface area contributed by atoms with Crippen LogP contribution in [0.1, 0.15) is 56.2 Å². The molecule has 194 valence electrons. The van der Waals surface area contributed by atoms with E-state index < -0.39 is 11.5 Å². The topological polar surface area (TPSA) is 121 Å². The van der Waals surface area contributed by atoms with Gasteiger partial charge >= 0.3 is 6.03 Å². The molecular formula is C26H37N7O3. The highest BCUT2D eigenvalue weighted by Crippen LogP contribution is 2.50. The van der Waals surface area contributed by atoms with Crippen molar-refractivity contribution in [2.24, 2.45) is 5.73 Å². The zero-order valence-corrected chi connectivity index (χ0v) is 21.3. The van der Waals surface area contributed by atoms with Gasteiger partial charge in [-0.2, -0.15) is 0 Å². The molecule has 3 aliphatic rings. The number of urea groups is 1. The van der Waals surface area contributed by atoms with Gasteiger partial charge in [0.2, 0.25) is 5.91 Å². The molecule has 2 heterocycles. The van der Waals surface area contributed by atoms with Crippen LogP contribution < -0.4 is 5.73 Å². The molecule has 0 bridgehead atoms. The average molecular weight is 496 g/mol. The monoisotopic (exact) mass is 495 g/mol. The minimum absolute atomic E-state index is 0.0455. The van der Waals surface area contributed by atoms with Gasteiger partial charge in [0.25, 0.3) is 0 Å². The number of nitrogens with two attached hydrogens (primary N) is 1. The molecule has 0 unspecified atom stereocenters. The van der Waals surface area contributed by atoms with Gasteiger partial charge < -0.3 is 20.6 Å². The molecule has 3 N–H and O–H groups in total. The second-order valence-electron chi connectivity index (χ2n) is 11.2. The second-order valence-corrected chi connectivity index (χ2v) is 11.2. The molecule has 1 spiro atoms. The van der Waals surface area contributed by atoms with Crippen LogP contribution in [0.25, 0.3) is 0 Å². The van der Waals surface area contributed by atoms with Gasteiger partial charge in [0, 0.05) is 12.1 Å². The molecule has 1 saturated heterocycles. The van der Waals surface area contributed by atoms with Crippen molar-refractivity contribution in [1.29, 1.82) is 0 Å². The normalized spacial score (nSPS) is 27.6. The first kappa shape index (κ1) is 24.7. The van der Waals surface area contributed by atoms with E-state index in [4.69, 9.17) is 5.73 Å². The average Bonchev–Trinajstić information content (AvgIpc) is 3.36. The van der Waals surface area contributed by atoms with E-state index in [1.54, 1.807) is 6.20 Å². The quantitative estimate of drug-likeness (QED) is 0.575.